The largest absolute Gasteiger partial charge is 0.378 e. The first kappa shape index (κ1) is 16.7. The highest BCUT2D eigenvalue weighted by Gasteiger charge is 2.19. The summed E-state index contributed by atoms with van der Waals surface area (Å²) in [5, 5.41) is 4.00. The molecule has 1 fully saturated rings. The van der Waals surface area contributed by atoms with Crippen LogP contribution in [-0.4, -0.2) is 43.2 Å². The van der Waals surface area contributed by atoms with Gasteiger partial charge >= 0.3 is 0 Å². The van der Waals surface area contributed by atoms with Crippen LogP contribution in [0.2, 0.25) is 0 Å². The number of anilines is 1. The fourth-order valence-corrected chi connectivity index (χ4v) is 2.75. The van der Waals surface area contributed by atoms with Crippen LogP contribution in [0.5, 0.6) is 0 Å². The number of carbonyl (C=O) groups is 1. The number of nitrogens with zero attached hydrogens (tertiary/aromatic N) is 2. The van der Waals surface area contributed by atoms with Crippen LogP contribution in [0.1, 0.15) is 31.1 Å². The van der Waals surface area contributed by atoms with Crippen LogP contribution in [0.25, 0.3) is 10.9 Å². The van der Waals surface area contributed by atoms with E-state index in [4.69, 9.17) is 9.72 Å². The number of aromatic nitrogens is 1. The molecule has 2 heterocycles. The molecule has 1 atom stereocenters. The fraction of sp³-hybridized carbons (Fsp3) is 0.474. The van der Waals surface area contributed by atoms with Gasteiger partial charge < -0.3 is 15.0 Å². The summed E-state index contributed by atoms with van der Waals surface area (Å²) in [7, 11) is 0. The van der Waals surface area contributed by atoms with E-state index in [0.717, 1.165) is 29.8 Å². The van der Waals surface area contributed by atoms with E-state index < -0.39 is 0 Å². The first-order chi connectivity index (χ1) is 11.6. The molecule has 1 aromatic carbocycles. The molecule has 1 saturated heterocycles. The molecule has 0 bridgehead atoms. The Labute approximate surface area is 143 Å². The van der Waals surface area contributed by atoms with Crippen LogP contribution < -0.4 is 10.2 Å². The van der Waals surface area contributed by atoms with Gasteiger partial charge in [0, 0.05) is 24.5 Å². The Morgan fingerprint density at radius 2 is 1.92 bits per heavy atom. The summed E-state index contributed by atoms with van der Waals surface area (Å²) in [4.78, 5) is 19.8. The highest BCUT2D eigenvalue weighted by molar-refractivity contribution is 6.07. The Morgan fingerprint density at radius 3 is 2.62 bits per heavy atom. The van der Waals surface area contributed by atoms with Crippen molar-refractivity contribution < 1.29 is 9.53 Å². The third-order valence-electron chi connectivity index (χ3n) is 4.64. The normalized spacial score (nSPS) is 16.4. The van der Waals surface area contributed by atoms with E-state index in [1.165, 1.54) is 0 Å². The van der Waals surface area contributed by atoms with Gasteiger partial charge in [0.05, 0.1) is 24.3 Å². The van der Waals surface area contributed by atoms with E-state index in [0.29, 0.717) is 24.7 Å². The SMILES string of the molecule is CC(C)C(C)NC(=O)c1cc(N2CCOCC2)nc2ccccc12. The Balaban J connectivity index is 1.99. The van der Waals surface area contributed by atoms with Gasteiger partial charge in [-0.2, -0.15) is 0 Å². The smallest absolute Gasteiger partial charge is 0.252 e. The van der Waals surface area contributed by atoms with Crippen LogP contribution in [0.15, 0.2) is 30.3 Å². The number of amides is 1. The topological polar surface area (TPSA) is 54.5 Å². The maximum atomic E-state index is 12.8. The molecule has 5 nitrogen and oxygen atoms in total. The average Bonchev–Trinajstić information content (AvgIpc) is 2.61. The van der Waals surface area contributed by atoms with Gasteiger partial charge in [-0.05, 0) is 25.0 Å². The Hall–Kier alpha value is -2.14. The van der Waals surface area contributed by atoms with Gasteiger partial charge in [0.25, 0.3) is 5.91 Å². The van der Waals surface area contributed by atoms with Crippen molar-refractivity contribution in [2.75, 3.05) is 31.2 Å². The lowest BCUT2D eigenvalue weighted by atomic mass is 10.0. The Kier molecular flexibility index (Phi) is 5.00. The molecule has 0 saturated carbocycles. The van der Waals surface area contributed by atoms with E-state index >= 15 is 0 Å². The van der Waals surface area contributed by atoms with Gasteiger partial charge in [0.2, 0.25) is 0 Å². The van der Waals surface area contributed by atoms with Gasteiger partial charge in [-0.25, -0.2) is 4.98 Å². The van der Waals surface area contributed by atoms with Crippen LogP contribution in [0.4, 0.5) is 5.82 Å². The lowest BCUT2D eigenvalue weighted by Crippen LogP contribution is -2.38. The van der Waals surface area contributed by atoms with Gasteiger partial charge in [-0.1, -0.05) is 32.0 Å². The Morgan fingerprint density at radius 1 is 1.21 bits per heavy atom. The zero-order valence-electron chi connectivity index (χ0n) is 14.6. The van der Waals surface area contributed by atoms with E-state index in [2.05, 4.69) is 24.1 Å². The summed E-state index contributed by atoms with van der Waals surface area (Å²) >= 11 is 0. The predicted octanol–water partition coefficient (Wildman–Crippen LogP) is 2.85. The molecule has 3 rings (SSSR count). The van der Waals surface area contributed by atoms with Crippen molar-refractivity contribution in [2.45, 2.75) is 26.8 Å². The molecule has 1 N–H and O–H groups in total. The van der Waals surface area contributed by atoms with Crippen molar-refractivity contribution >= 4 is 22.6 Å². The average molecular weight is 327 g/mol. The van der Waals surface area contributed by atoms with E-state index in [1.54, 1.807) is 0 Å². The highest BCUT2D eigenvalue weighted by atomic mass is 16.5. The summed E-state index contributed by atoms with van der Waals surface area (Å²) in [5.74, 6) is 1.20. The first-order valence-electron chi connectivity index (χ1n) is 8.59. The van der Waals surface area contributed by atoms with Crippen molar-refractivity contribution in [3.05, 3.63) is 35.9 Å². The fourth-order valence-electron chi connectivity index (χ4n) is 2.75. The van der Waals surface area contributed by atoms with Gasteiger partial charge in [-0.3, -0.25) is 4.79 Å². The van der Waals surface area contributed by atoms with Gasteiger partial charge in [0.15, 0.2) is 0 Å². The maximum absolute atomic E-state index is 12.8. The number of para-hydroxylation sites is 1. The Bertz CT molecular complexity index is 724. The van der Waals surface area contributed by atoms with Crippen molar-refractivity contribution in [1.29, 1.82) is 0 Å². The summed E-state index contributed by atoms with van der Waals surface area (Å²) in [6.45, 7) is 9.24. The molecule has 0 radical (unpaired) electrons. The van der Waals surface area contributed by atoms with E-state index in [9.17, 15) is 4.79 Å². The van der Waals surface area contributed by atoms with Crippen LogP contribution in [0.3, 0.4) is 0 Å². The molecule has 1 amide bonds. The van der Waals surface area contributed by atoms with Crippen molar-refractivity contribution in [3.8, 4) is 0 Å². The number of ether oxygens (including phenoxy) is 1. The number of rotatable bonds is 4. The minimum Gasteiger partial charge on any atom is -0.378 e. The van der Waals surface area contributed by atoms with Crippen molar-refractivity contribution in [3.63, 3.8) is 0 Å². The minimum absolute atomic E-state index is 0.0377. The van der Waals surface area contributed by atoms with E-state index in [-0.39, 0.29) is 11.9 Å². The molecule has 1 aliphatic rings. The molecule has 128 valence electrons. The van der Waals surface area contributed by atoms with Crippen LogP contribution in [-0.2, 0) is 4.74 Å². The molecule has 1 aliphatic heterocycles. The molecule has 0 aliphatic carbocycles. The molecule has 1 aromatic heterocycles. The van der Waals surface area contributed by atoms with Crippen LogP contribution in [0, 0.1) is 5.92 Å². The van der Waals surface area contributed by atoms with Gasteiger partial charge in [0.1, 0.15) is 5.82 Å². The highest BCUT2D eigenvalue weighted by Crippen LogP contribution is 2.24. The number of morpholine rings is 1. The second kappa shape index (κ2) is 7.18. The molecule has 0 spiro atoms. The van der Waals surface area contributed by atoms with Gasteiger partial charge in [-0.15, -0.1) is 0 Å². The van der Waals surface area contributed by atoms with Crippen LogP contribution >= 0.6 is 0 Å². The molecule has 24 heavy (non-hydrogen) atoms. The number of hydrogen-bond donors (Lipinski definition) is 1. The number of nitrogens with one attached hydrogen (secondary N) is 1. The predicted molar refractivity (Wildman–Crippen MR) is 96.5 cm³/mol. The number of carbonyl (C=O) groups excluding carboxylic acids is 1. The summed E-state index contributed by atoms with van der Waals surface area (Å²) in [6.07, 6.45) is 0. The second-order valence-electron chi connectivity index (χ2n) is 6.65. The second-order valence-corrected chi connectivity index (χ2v) is 6.65. The third kappa shape index (κ3) is 3.51. The summed E-state index contributed by atoms with van der Waals surface area (Å²) in [6, 6.07) is 9.85. The molecule has 5 heteroatoms. The third-order valence-corrected chi connectivity index (χ3v) is 4.64. The summed E-state index contributed by atoms with van der Waals surface area (Å²) in [5.41, 5.74) is 1.54. The van der Waals surface area contributed by atoms with Crippen molar-refractivity contribution in [2.24, 2.45) is 5.92 Å². The molecular formula is C19H25N3O2. The number of hydrogen-bond acceptors (Lipinski definition) is 4. The maximum Gasteiger partial charge on any atom is 0.252 e. The molecular weight excluding hydrogens is 302 g/mol. The minimum atomic E-state index is -0.0377. The quantitative estimate of drug-likeness (QED) is 0.938. The van der Waals surface area contributed by atoms with E-state index in [1.807, 2.05) is 37.3 Å². The monoisotopic (exact) mass is 327 g/mol. The zero-order valence-corrected chi connectivity index (χ0v) is 14.6. The lowest BCUT2D eigenvalue weighted by Gasteiger charge is -2.28. The zero-order chi connectivity index (χ0) is 17.1. The lowest BCUT2D eigenvalue weighted by molar-refractivity contribution is 0.0932. The standard InChI is InChI=1S/C19H25N3O2/c1-13(2)14(3)20-19(23)16-12-18(22-8-10-24-11-9-22)21-17-7-5-4-6-15(16)17/h4-7,12-14H,8-11H2,1-3H3,(H,20,23). The number of benzene rings is 1. The van der Waals surface area contributed by atoms with Crippen molar-refractivity contribution in [1.82, 2.24) is 10.3 Å². The number of pyridine rings is 1. The molecule has 1 unspecified atom stereocenters. The number of fused-ring (bicyclic) bond motifs is 1. The first-order valence-corrected chi connectivity index (χ1v) is 8.59. The molecule has 2 aromatic rings. The summed E-state index contributed by atoms with van der Waals surface area (Å²) < 4.78 is 5.42.